The van der Waals surface area contributed by atoms with Gasteiger partial charge in [0.25, 0.3) is 0 Å². The average molecular weight is 807 g/mol. The summed E-state index contributed by atoms with van der Waals surface area (Å²) in [6.45, 7) is 12.8. The van der Waals surface area contributed by atoms with Gasteiger partial charge in [-0.05, 0) is 64.9 Å². The van der Waals surface area contributed by atoms with Crippen molar-refractivity contribution in [2.75, 3.05) is 26.9 Å². The lowest BCUT2D eigenvalue weighted by molar-refractivity contribution is -0.136. The molecule has 5 aromatic rings. The fourth-order valence-corrected chi connectivity index (χ4v) is 11.4. The summed E-state index contributed by atoms with van der Waals surface area (Å²) in [4.78, 5) is 72.2. The molecule has 0 bridgehead atoms. The lowest BCUT2D eigenvalue weighted by Gasteiger charge is -2.30. The maximum atomic E-state index is 13.9. The molecule has 2 aliphatic rings. The highest BCUT2D eigenvalue weighted by Gasteiger charge is 2.46. The smallest absolute Gasteiger partial charge is 0.407 e. The number of H-pyrrole nitrogens is 2. The van der Waals surface area contributed by atoms with E-state index in [0.29, 0.717) is 12.7 Å². The zero-order chi connectivity index (χ0) is 41.5. The molecule has 2 aromatic heterocycles. The Morgan fingerprint density at radius 3 is 2.03 bits per heavy atom. The second-order valence-electron chi connectivity index (χ2n) is 17.0. The van der Waals surface area contributed by atoms with Gasteiger partial charge in [0.15, 0.2) is 0 Å². The number of hydrogen-bond acceptors (Lipinski definition) is 8. The number of nitrogens with one attached hydrogen (secondary N) is 4. The predicted octanol–water partition coefficient (Wildman–Crippen LogP) is 7.33. The van der Waals surface area contributed by atoms with Gasteiger partial charge in [-0.15, -0.1) is 0 Å². The van der Waals surface area contributed by atoms with Crippen molar-refractivity contribution < 1.29 is 28.7 Å². The van der Waals surface area contributed by atoms with E-state index in [4.69, 9.17) is 19.4 Å². The van der Waals surface area contributed by atoms with Crippen molar-refractivity contribution in [2.24, 2.45) is 11.8 Å². The Morgan fingerprint density at radius 1 is 0.776 bits per heavy atom. The molecular formula is C43H54N8O6Si. The number of fused-ring (bicyclic) bond motifs is 3. The molecule has 306 valence electrons. The summed E-state index contributed by atoms with van der Waals surface area (Å²) < 4.78 is 9.60. The van der Waals surface area contributed by atoms with Crippen LogP contribution >= 0.6 is 0 Å². The van der Waals surface area contributed by atoms with Crippen LogP contribution in [0.2, 0.25) is 19.1 Å². The highest BCUT2D eigenvalue weighted by Crippen LogP contribution is 2.39. The van der Waals surface area contributed by atoms with Gasteiger partial charge in [0, 0.05) is 18.1 Å². The number of nitrogens with zero attached hydrogens (tertiary/aromatic N) is 4. The number of benzene rings is 3. The molecular weight excluding hydrogens is 753 g/mol. The van der Waals surface area contributed by atoms with Crippen LogP contribution in [-0.2, 0) is 19.1 Å². The van der Waals surface area contributed by atoms with Crippen molar-refractivity contribution in [1.82, 2.24) is 40.4 Å². The molecule has 3 aromatic carbocycles. The first kappa shape index (κ1) is 40.5. The van der Waals surface area contributed by atoms with E-state index in [-0.39, 0.29) is 35.7 Å². The molecule has 4 amide bonds. The van der Waals surface area contributed by atoms with Crippen LogP contribution in [-0.4, -0.2) is 101 Å². The van der Waals surface area contributed by atoms with Gasteiger partial charge in [-0.1, -0.05) is 83.3 Å². The van der Waals surface area contributed by atoms with Crippen molar-refractivity contribution in [3.05, 3.63) is 72.4 Å². The molecule has 2 unspecified atom stereocenters. The second-order valence-corrected chi connectivity index (χ2v) is 22.1. The third-order valence-corrected chi connectivity index (χ3v) is 14.3. The predicted molar refractivity (Wildman–Crippen MR) is 225 cm³/mol. The van der Waals surface area contributed by atoms with E-state index in [2.05, 4.69) is 82.2 Å². The number of ether oxygens (including phenoxy) is 2. The summed E-state index contributed by atoms with van der Waals surface area (Å²) >= 11 is 0. The van der Waals surface area contributed by atoms with Crippen LogP contribution in [0, 0.1) is 11.8 Å². The normalized spacial score (nSPS) is 18.9. The standard InChI is InChI=1S/C43H54N8O6Si/c1-24(2)35(48-42(54)56-5)40(52)50-19-9-10-33(50)39-45-31-18-16-29-20-28(15-17-30(29)37(31)47-39)26-11-13-27(14-12-26)32-21-44-38(46-32)34-22-58(7,8)23-51(34)41(53)36(25(3)4)49-43(55)57-6/h11-18,20-21,24-25,33-36H,9-10,19,22-23H2,1-8H3,(H,44,46)(H,45,47)(H,48,54)(H,49,55)/t33?,34-,35?,36-/m1/s1. The van der Waals surface area contributed by atoms with E-state index in [1.54, 1.807) is 0 Å². The molecule has 4 atom stereocenters. The minimum Gasteiger partial charge on any atom is -0.453 e. The van der Waals surface area contributed by atoms with Gasteiger partial charge in [-0.3, -0.25) is 9.59 Å². The van der Waals surface area contributed by atoms with Gasteiger partial charge in [-0.25, -0.2) is 19.6 Å². The Kier molecular flexibility index (Phi) is 11.4. The first-order valence-electron chi connectivity index (χ1n) is 20.1. The molecule has 14 nitrogen and oxygen atoms in total. The Bertz CT molecular complexity index is 2340. The van der Waals surface area contributed by atoms with E-state index < -0.39 is 32.3 Å². The van der Waals surface area contributed by atoms with Crippen LogP contribution in [0.15, 0.2) is 60.8 Å². The SMILES string of the molecule is COC(=O)NC(C(=O)N1CCCC1c1nc2c(ccc3cc(-c4ccc(-c5cnc([C@H]6C[Si](C)(C)CN6C(=O)[C@H](NC(=O)OC)C(C)C)[nH]5)cc4)ccc32)[nH]1)C(C)C. The van der Waals surface area contributed by atoms with Gasteiger partial charge in [0.1, 0.15) is 23.7 Å². The number of rotatable bonds is 10. The van der Waals surface area contributed by atoms with E-state index >= 15 is 0 Å². The lowest BCUT2D eigenvalue weighted by Crippen LogP contribution is -2.52. The van der Waals surface area contributed by atoms with Crippen LogP contribution in [0.1, 0.15) is 64.3 Å². The molecule has 15 heteroatoms. The number of amides is 4. The van der Waals surface area contributed by atoms with Crippen molar-refractivity contribution in [1.29, 1.82) is 0 Å². The van der Waals surface area contributed by atoms with Crippen molar-refractivity contribution in [3.8, 4) is 22.4 Å². The maximum Gasteiger partial charge on any atom is 0.407 e. The lowest BCUT2D eigenvalue weighted by atomic mass is 9.99. The Labute approximate surface area is 339 Å². The first-order valence-corrected chi connectivity index (χ1v) is 23.5. The summed E-state index contributed by atoms with van der Waals surface area (Å²) in [5.41, 5.74) is 5.73. The van der Waals surface area contributed by atoms with Gasteiger partial charge in [0.2, 0.25) is 11.8 Å². The topological polar surface area (TPSA) is 175 Å². The number of carbonyl (C=O) groups is 4. The van der Waals surface area contributed by atoms with Gasteiger partial charge < -0.3 is 39.9 Å². The molecule has 58 heavy (non-hydrogen) atoms. The summed E-state index contributed by atoms with van der Waals surface area (Å²) in [6.07, 6.45) is 2.89. The zero-order valence-corrected chi connectivity index (χ0v) is 35.5. The Morgan fingerprint density at radius 2 is 1.40 bits per heavy atom. The number of aromatic nitrogens is 4. The fraction of sp³-hybridized carbons (Fsp3) is 0.442. The van der Waals surface area contributed by atoms with Gasteiger partial charge in [0.05, 0.1) is 57.3 Å². The number of alkyl carbamates (subject to hydrolysis) is 2. The molecule has 4 heterocycles. The third-order valence-electron chi connectivity index (χ3n) is 11.6. The van der Waals surface area contributed by atoms with E-state index in [0.717, 1.165) is 74.7 Å². The molecule has 2 aliphatic heterocycles. The molecule has 7 rings (SSSR count). The second kappa shape index (κ2) is 16.3. The van der Waals surface area contributed by atoms with Crippen molar-refractivity contribution in [2.45, 2.75) is 83.8 Å². The van der Waals surface area contributed by atoms with Crippen molar-refractivity contribution in [3.63, 3.8) is 0 Å². The average Bonchev–Trinajstić information content (AvgIpc) is 4.03. The number of aromatic amines is 2. The highest BCUT2D eigenvalue weighted by atomic mass is 28.3. The van der Waals surface area contributed by atoms with Gasteiger partial charge >= 0.3 is 12.2 Å². The summed E-state index contributed by atoms with van der Waals surface area (Å²) in [5.74, 6) is 1.01. The minimum atomic E-state index is -1.75. The molecule has 0 aliphatic carbocycles. The molecule has 0 spiro atoms. The van der Waals surface area contributed by atoms with E-state index in [1.165, 1.54) is 14.2 Å². The van der Waals surface area contributed by atoms with Crippen molar-refractivity contribution >= 4 is 53.9 Å². The summed E-state index contributed by atoms with van der Waals surface area (Å²) in [6, 6.07) is 17.9. The quantitative estimate of drug-likeness (QED) is 0.106. The van der Waals surface area contributed by atoms with E-state index in [1.807, 2.05) is 49.8 Å². The molecule has 2 fully saturated rings. The molecule has 2 saturated heterocycles. The first-order chi connectivity index (χ1) is 27.7. The maximum absolute atomic E-state index is 13.9. The van der Waals surface area contributed by atoms with Crippen LogP contribution < -0.4 is 10.6 Å². The highest BCUT2D eigenvalue weighted by molar-refractivity contribution is 6.78. The Hall–Kier alpha value is -5.70. The van der Waals surface area contributed by atoms with Crippen LogP contribution in [0.5, 0.6) is 0 Å². The van der Waals surface area contributed by atoms with Crippen LogP contribution in [0.4, 0.5) is 9.59 Å². The summed E-state index contributed by atoms with van der Waals surface area (Å²) in [7, 11) is 0.844. The number of hydrogen-bond donors (Lipinski definition) is 4. The molecule has 0 saturated carbocycles. The monoisotopic (exact) mass is 806 g/mol. The Balaban J connectivity index is 1.09. The number of carbonyl (C=O) groups excluding carboxylic acids is 4. The number of likely N-dealkylation sites (tertiary alicyclic amines) is 1. The van der Waals surface area contributed by atoms with E-state index in [9.17, 15) is 19.2 Å². The fourth-order valence-electron chi connectivity index (χ4n) is 8.47. The zero-order valence-electron chi connectivity index (χ0n) is 34.5. The largest absolute Gasteiger partial charge is 0.453 e. The molecule has 4 N–H and O–H groups in total. The minimum absolute atomic E-state index is 0.111. The third kappa shape index (κ3) is 8.04. The van der Waals surface area contributed by atoms with Gasteiger partial charge in [-0.2, -0.15) is 0 Å². The molecule has 0 radical (unpaired) electrons. The van der Waals surface area contributed by atoms with Crippen LogP contribution in [0.3, 0.4) is 0 Å². The van der Waals surface area contributed by atoms with Crippen LogP contribution in [0.25, 0.3) is 44.2 Å². The number of imidazole rings is 2. The summed E-state index contributed by atoms with van der Waals surface area (Å²) in [5, 5.41) is 7.52. The number of methoxy groups -OCH3 is 2.